The van der Waals surface area contributed by atoms with Gasteiger partial charge in [0.25, 0.3) is 0 Å². The lowest BCUT2D eigenvalue weighted by molar-refractivity contribution is -0.134. The Morgan fingerprint density at radius 1 is 0.881 bits per heavy atom. The van der Waals surface area contributed by atoms with E-state index in [1.54, 1.807) is 31.4 Å². The van der Waals surface area contributed by atoms with Gasteiger partial charge in [-0.2, -0.15) is 0 Å². The Bertz CT molecular complexity index is 1200. The van der Waals surface area contributed by atoms with E-state index in [4.69, 9.17) is 14.2 Å². The number of methoxy groups -OCH3 is 1. The first-order valence-electron chi connectivity index (χ1n) is 14.0. The Hall–Kier alpha value is -3.84. The van der Waals surface area contributed by atoms with Crippen molar-refractivity contribution in [2.24, 2.45) is 0 Å². The smallest absolute Gasteiger partial charge is 0.245 e. The summed E-state index contributed by atoms with van der Waals surface area (Å²) in [6, 6.07) is 13.0. The highest BCUT2D eigenvalue weighted by Crippen LogP contribution is 2.17. The highest BCUT2D eigenvalue weighted by atomic mass is 16.6. The summed E-state index contributed by atoms with van der Waals surface area (Å²) >= 11 is 0. The SMILES string of the molecule is COc1ccc(C[C@H](NC(=O)[C@@H](CO)NC(=O)CN2CCOCC2)C(=O)N[C@@H](Cc2ccccc2)C(=O)[C@H]2CO2)cc1. The summed E-state index contributed by atoms with van der Waals surface area (Å²) in [4.78, 5) is 54.4. The summed E-state index contributed by atoms with van der Waals surface area (Å²) in [5, 5.41) is 18.0. The number of carbonyl (C=O) groups excluding carboxylic acids is 4. The van der Waals surface area contributed by atoms with Gasteiger partial charge in [0.05, 0.1) is 46.1 Å². The largest absolute Gasteiger partial charge is 0.497 e. The molecule has 4 atom stereocenters. The topological polar surface area (TPSA) is 159 Å². The number of hydrogen-bond acceptors (Lipinski definition) is 9. The Morgan fingerprint density at radius 3 is 2.10 bits per heavy atom. The summed E-state index contributed by atoms with van der Waals surface area (Å²) in [5.74, 6) is -1.35. The van der Waals surface area contributed by atoms with Crippen molar-refractivity contribution in [3.05, 3.63) is 65.7 Å². The second-order valence-corrected chi connectivity index (χ2v) is 10.3. The molecule has 2 heterocycles. The maximum Gasteiger partial charge on any atom is 0.245 e. The van der Waals surface area contributed by atoms with Crippen molar-refractivity contribution in [2.45, 2.75) is 37.1 Å². The molecule has 12 heteroatoms. The zero-order valence-electron chi connectivity index (χ0n) is 23.6. The molecule has 0 unspecified atom stereocenters. The van der Waals surface area contributed by atoms with E-state index < -0.39 is 48.6 Å². The number of Topliss-reactive ketones (excluding diaryl/α,β-unsaturated/α-hetero) is 1. The molecule has 42 heavy (non-hydrogen) atoms. The molecule has 226 valence electrons. The molecule has 2 aromatic carbocycles. The first-order valence-corrected chi connectivity index (χ1v) is 14.0. The third-order valence-corrected chi connectivity index (χ3v) is 7.13. The van der Waals surface area contributed by atoms with Crippen LogP contribution in [0.4, 0.5) is 0 Å². The number of amides is 3. The van der Waals surface area contributed by atoms with Crippen LogP contribution in [0.3, 0.4) is 0 Å². The molecular weight excluding hydrogens is 544 g/mol. The molecule has 2 aliphatic rings. The minimum atomic E-state index is -1.27. The van der Waals surface area contributed by atoms with Crippen molar-refractivity contribution < 1.29 is 38.5 Å². The van der Waals surface area contributed by atoms with E-state index in [0.29, 0.717) is 38.7 Å². The monoisotopic (exact) mass is 582 g/mol. The number of ketones is 1. The lowest BCUT2D eigenvalue weighted by Gasteiger charge is -2.27. The van der Waals surface area contributed by atoms with Crippen LogP contribution in [0.25, 0.3) is 0 Å². The summed E-state index contributed by atoms with van der Waals surface area (Å²) in [6.45, 7) is 1.89. The Kier molecular flexibility index (Phi) is 11.4. The van der Waals surface area contributed by atoms with Crippen molar-refractivity contribution in [3.8, 4) is 5.75 Å². The van der Waals surface area contributed by atoms with E-state index in [1.165, 1.54) is 0 Å². The molecule has 4 rings (SSSR count). The van der Waals surface area contributed by atoms with Crippen molar-refractivity contribution in [1.82, 2.24) is 20.9 Å². The number of carbonyl (C=O) groups is 4. The molecule has 0 spiro atoms. The molecule has 2 aliphatic heterocycles. The third-order valence-electron chi connectivity index (χ3n) is 7.13. The van der Waals surface area contributed by atoms with Crippen LogP contribution >= 0.6 is 0 Å². The molecular formula is C30H38N4O8. The summed E-state index contributed by atoms with van der Waals surface area (Å²) in [7, 11) is 1.54. The van der Waals surface area contributed by atoms with E-state index in [-0.39, 0.29) is 25.2 Å². The van der Waals surface area contributed by atoms with Gasteiger partial charge in [-0.05, 0) is 29.7 Å². The lowest BCUT2D eigenvalue weighted by atomic mass is 9.99. The zero-order chi connectivity index (χ0) is 29.9. The number of hydrogen-bond donors (Lipinski definition) is 4. The summed E-state index contributed by atoms with van der Waals surface area (Å²) < 4.78 is 15.7. The molecule has 3 amide bonds. The van der Waals surface area contributed by atoms with E-state index in [2.05, 4.69) is 16.0 Å². The maximum absolute atomic E-state index is 13.6. The highest BCUT2D eigenvalue weighted by Gasteiger charge is 2.38. The van der Waals surface area contributed by atoms with Crippen LogP contribution in [0, 0.1) is 0 Å². The van der Waals surface area contributed by atoms with Gasteiger partial charge < -0.3 is 35.3 Å². The standard InChI is InChI=1S/C30H38N4O8/c1-40-22-9-7-21(8-10-22)16-24(33-30(39)25(18-35)31-27(36)17-34-11-13-41-14-12-34)29(38)32-23(28(37)26-19-42-26)15-20-5-3-2-4-6-20/h2-10,23-26,35H,11-19H2,1H3,(H,31,36)(H,32,38)(H,33,39)/t23-,24-,25+,26+/m0/s1. The van der Waals surface area contributed by atoms with Gasteiger partial charge >= 0.3 is 0 Å². The molecule has 2 saturated heterocycles. The van der Waals surface area contributed by atoms with Gasteiger partial charge in [-0.1, -0.05) is 42.5 Å². The van der Waals surface area contributed by atoms with Crippen LogP contribution in [0.5, 0.6) is 5.75 Å². The second kappa shape index (κ2) is 15.4. The number of benzene rings is 2. The molecule has 0 bridgehead atoms. The van der Waals surface area contributed by atoms with Crippen molar-refractivity contribution in [3.63, 3.8) is 0 Å². The van der Waals surface area contributed by atoms with E-state index >= 15 is 0 Å². The summed E-state index contributed by atoms with van der Waals surface area (Å²) in [5.41, 5.74) is 1.58. The fraction of sp³-hybridized carbons (Fsp3) is 0.467. The van der Waals surface area contributed by atoms with Gasteiger partial charge in [0.2, 0.25) is 17.7 Å². The predicted molar refractivity (Wildman–Crippen MR) is 152 cm³/mol. The third kappa shape index (κ3) is 9.35. The number of aliphatic hydroxyl groups excluding tert-OH is 1. The van der Waals surface area contributed by atoms with Gasteiger partial charge in [0.15, 0.2) is 5.78 Å². The average Bonchev–Trinajstić information content (AvgIpc) is 3.86. The van der Waals surface area contributed by atoms with Crippen LogP contribution in [-0.2, 0) is 41.5 Å². The Morgan fingerprint density at radius 2 is 1.48 bits per heavy atom. The van der Waals surface area contributed by atoms with Gasteiger partial charge in [0, 0.05) is 19.5 Å². The minimum Gasteiger partial charge on any atom is -0.497 e. The lowest BCUT2D eigenvalue weighted by Crippen LogP contribution is -2.58. The van der Waals surface area contributed by atoms with Crippen molar-refractivity contribution in [1.29, 1.82) is 0 Å². The van der Waals surface area contributed by atoms with Crippen LogP contribution in [0.1, 0.15) is 11.1 Å². The Balaban J connectivity index is 1.47. The van der Waals surface area contributed by atoms with Gasteiger partial charge in [-0.3, -0.25) is 24.1 Å². The van der Waals surface area contributed by atoms with Gasteiger partial charge in [-0.15, -0.1) is 0 Å². The molecule has 12 nitrogen and oxygen atoms in total. The second-order valence-electron chi connectivity index (χ2n) is 10.3. The van der Waals surface area contributed by atoms with Gasteiger partial charge in [-0.25, -0.2) is 0 Å². The normalized spacial score (nSPS) is 18.7. The summed E-state index contributed by atoms with van der Waals surface area (Å²) in [6.07, 6.45) is -0.229. The quantitative estimate of drug-likeness (QED) is 0.198. The molecule has 0 radical (unpaired) electrons. The predicted octanol–water partition coefficient (Wildman–Crippen LogP) is -0.773. The van der Waals surface area contributed by atoms with E-state index in [1.807, 2.05) is 35.2 Å². The number of aliphatic hydroxyl groups is 1. The van der Waals surface area contributed by atoms with Crippen molar-refractivity contribution in [2.75, 3.05) is 53.2 Å². The number of morpholine rings is 1. The molecule has 0 saturated carbocycles. The van der Waals surface area contributed by atoms with E-state index in [0.717, 1.165) is 11.1 Å². The number of nitrogens with one attached hydrogen (secondary N) is 3. The molecule has 0 aromatic heterocycles. The number of rotatable bonds is 15. The maximum atomic E-state index is 13.6. The van der Waals surface area contributed by atoms with Gasteiger partial charge in [0.1, 0.15) is 23.9 Å². The van der Waals surface area contributed by atoms with E-state index in [9.17, 15) is 24.3 Å². The number of nitrogens with zero attached hydrogens (tertiary/aromatic N) is 1. The first kappa shape index (κ1) is 31.1. The molecule has 2 aromatic rings. The Labute approximate surface area is 244 Å². The van der Waals surface area contributed by atoms with Crippen LogP contribution in [-0.4, -0.2) is 111 Å². The van der Waals surface area contributed by atoms with Crippen LogP contribution < -0.4 is 20.7 Å². The molecule has 2 fully saturated rings. The van der Waals surface area contributed by atoms with Crippen LogP contribution in [0.15, 0.2) is 54.6 Å². The van der Waals surface area contributed by atoms with Crippen molar-refractivity contribution >= 4 is 23.5 Å². The molecule has 0 aliphatic carbocycles. The average molecular weight is 583 g/mol. The zero-order valence-corrected chi connectivity index (χ0v) is 23.6. The fourth-order valence-corrected chi connectivity index (χ4v) is 4.66. The highest BCUT2D eigenvalue weighted by molar-refractivity contribution is 5.96. The number of ether oxygens (including phenoxy) is 3. The molecule has 4 N–H and O–H groups in total. The fourth-order valence-electron chi connectivity index (χ4n) is 4.66. The number of epoxide rings is 1. The first-order chi connectivity index (χ1) is 20.4. The minimum absolute atomic E-state index is 0.0510. The van der Waals surface area contributed by atoms with Crippen LogP contribution in [0.2, 0.25) is 0 Å².